The number of nitrogens with zero attached hydrogens (tertiary/aromatic N) is 3. The molecule has 0 N–H and O–H groups in total. The molecule has 0 atom stereocenters. The maximum absolute atomic E-state index is 12.8. The number of aromatic nitrogens is 3. The molecule has 0 unspecified atom stereocenters. The molecule has 0 aliphatic heterocycles. The van der Waals surface area contributed by atoms with Gasteiger partial charge < -0.3 is 0 Å². The first-order valence-electron chi connectivity index (χ1n) is 6.55. The number of hydrogen-bond acceptors (Lipinski definition) is 2. The van der Waals surface area contributed by atoms with Crippen LogP contribution in [-0.2, 0) is 19.8 Å². The minimum absolute atomic E-state index is 0.00981. The van der Waals surface area contributed by atoms with Crippen LogP contribution in [-0.4, -0.2) is 14.3 Å². The quantitative estimate of drug-likeness (QED) is 0.730. The van der Waals surface area contributed by atoms with Crippen molar-refractivity contribution in [2.75, 3.05) is 0 Å². The Labute approximate surface area is 123 Å². The lowest BCUT2D eigenvalue weighted by atomic mass is 10.0. The highest BCUT2D eigenvalue weighted by Gasteiger charge is 2.38. The zero-order valence-corrected chi connectivity index (χ0v) is 11.6. The molecule has 0 saturated carbocycles. The number of halogens is 3. The van der Waals surface area contributed by atoms with Gasteiger partial charge in [-0.05, 0) is 16.3 Å². The van der Waals surface area contributed by atoms with Crippen molar-refractivity contribution < 1.29 is 13.2 Å². The van der Waals surface area contributed by atoms with Gasteiger partial charge in [-0.1, -0.05) is 42.5 Å². The van der Waals surface area contributed by atoms with Crippen LogP contribution >= 0.6 is 0 Å². The summed E-state index contributed by atoms with van der Waals surface area (Å²) in [7, 11) is 1.07. The Kier molecular flexibility index (Phi) is 3.27. The van der Waals surface area contributed by atoms with Crippen molar-refractivity contribution in [2.45, 2.75) is 12.7 Å². The van der Waals surface area contributed by atoms with Crippen molar-refractivity contribution in [1.29, 1.82) is 0 Å². The summed E-state index contributed by atoms with van der Waals surface area (Å²) >= 11 is 0. The van der Waals surface area contributed by atoms with Crippen LogP contribution < -0.4 is 5.69 Å². The summed E-state index contributed by atoms with van der Waals surface area (Å²) in [6.07, 6.45) is -4.65. The van der Waals surface area contributed by atoms with Crippen molar-refractivity contribution in [3.05, 3.63) is 64.3 Å². The van der Waals surface area contributed by atoms with E-state index in [0.717, 1.165) is 28.1 Å². The first-order chi connectivity index (χ1) is 10.4. The number of alkyl halides is 3. The Bertz CT molecular complexity index is 888. The van der Waals surface area contributed by atoms with Gasteiger partial charge in [-0.15, -0.1) is 5.10 Å². The normalized spacial score (nSPS) is 12.0. The van der Waals surface area contributed by atoms with Crippen LogP contribution in [0.5, 0.6) is 0 Å². The number of benzene rings is 2. The average molecular weight is 307 g/mol. The largest absolute Gasteiger partial charge is 0.451 e. The zero-order chi connectivity index (χ0) is 15.9. The lowest BCUT2D eigenvalue weighted by molar-refractivity contribution is -0.147. The lowest BCUT2D eigenvalue weighted by Gasteiger charge is -2.06. The third-order valence-corrected chi connectivity index (χ3v) is 3.49. The molecule has 0 fully saturated rings. The molecule has 114 valence electrons. The molecule has 0 saturated heterocycles. The van der Waals surface area contributed by atoms with Crippen LogP contribution in [0.25, 0.3) is 10.8 Å². The Morgan fingerprint density at radius 3 is 2.45 bits per heavy atom. The molecule has 0 aliphatic rings. The van der Waals surface area contributed by atoms with Crippen LogP contribution in [0.4, 0.5) is 13.2 Å². The molecule has 1 heterocycles. The molecule has 2 aromatic carbocycles. The fourth-order valence-electron chi connectivity index (χ4n) is 2.43. The van der Waals surface area contributed by atoms with E-state index >= 15 is 0 Å². The Morgan fingerprint density at radius 2 is 1.77 bits per heavy atom. The third-order valence-electron chi connectivity index (χ3n) is 3.49. The Balaban J connectivity index is 2.08. The van der Waals surface area contributed by atoms with Gasteiger partial charge in [-0.2, -0.15) is 13.2 Å². The predicted octanol–water partition coefficient (Wildman–Crippen LogP) is 2.80. The number of hydrogen-bond donors (Lipinski definition) is 0. The fraction of sp³-hybridized carbons (Fsp3) is 0.200. The molecule has 22 heavy (non-hydrogen) atoms. The van der Waals surface area contributed by atoms with Crippen LogP contribution in [0.2, 0.25) is 0 Å². The highest BCUT2D eigenvalue weighted by atomic mass is 19.4. The van der Waals surface area contributed by atoms with E-state index in [-0.39, 0.29) is 6.54 Å². The van der Waals surface area contributed by atoms with Crippen LogP contribution in [0.1, 0.15) is 11.4 Å². The molecule has 0 aliphatic carbocycles. The minimum Gasteiger partial charge on any atom is -0.274 e. The first kappa shape index (κ1) is 14.4. The molecule has 0 bridgehead atoms. The fourth-order valence-corrected chi connectivity index (χ4v) is 2.43. The van der Waals surface area contributed by atoms with Gasteiger partial charge >= 0.3 is 11.9 Å². The average Bonchev–Trinajstić information content (AvgIpc) is 2.76. The molecule has 0 spiro atoms. The second kappa shape index (κ2) is 5.01. The van der Waals surface area contributed by atoms with E-state index in [1.807, 2.05) is 30.3 Å². The molecular weight excluding hydrogens is 295 g/mol. The number of rotatable bonds is 2. The summed E-state index contributed by atoms with van der Waals surface area (Å²) in [4.78, 5) is 11.9. The summed E-state index contributed by atoms with van der Waals surface area (Å²) in [6, 6.07) is 13.0. The van der Waals surface area contributed by atoms with Gasteiger partial charge in [0, 0.05) is 7.05 Å². The second-order valence-corrected chi connectivity index (χ2v) is 4.96. The van der Waals surface area contributed by atoms with E-state index < -0.39 is 17.7 Å². The second-order valence-electron chi connectivity index (χ2n) is 4.96. The van der Waals surface area contributed by atoms with E-state index in [1.54, 1.807) is 12.1 Å². The maximum Gasteiger partial charge on any atom is 0.451 e. The summed E-state index contributed by atoms with van der Waals surface area (Å²) < 4.78 is 39.8. The van der Waals surface area contributed by atoms with E-state index in [9.17, 15) is 18.0 Å². The molecular formula is C15H12F3N3O. The SMILES string of the molecule is Cn1c(C(F)(F)F)nn(Cc2cccc3ccccc23)c1=O. The van der Waals surface area contributed by atoms with Gasteiger partial charge in [0.05, 0.1) is 6.54 Å². The Morgan fingerprint density at radius 1 is 1.09 bits per heavy atom. The minimum atomic E-state index is -4.65. The lowest BCUT2D eigenvalue weighted by Crippen LogP contribution is -2.24. The topological polar surface area (TPSA) is 39.8 Å². The molecule has 3 aromatic rings. The predicted molar refractivity (Wildman–Crippen MR) is 75.5 cm³/mol. The summed E-state index contributed by atoms with van der Waals surface area (Å²) in [6.45, 7) is -0.00981. The highest BCUT2D eigenvalue weighted by molar-refractivity contribution is 5.85. The number of fused-ring (bicyclic) bond motifs is 1. The summed E-state index contributed by atoms with van der Waals surface area (Å²) in [5, 5.41) is 5.27. The van der Waals surface area contributed by atoms with Crippen LogP contribution in [0.15, 0.2) is 47.3 Å². The van der Waals surface area contributed by atoms with Crippen LogP contribution in [0, 0.1) is 0 Å². The van der Waals surface area contributed by atoms with Crippen molar-refractivity contribution in [2.24, 2.45) is 7.05 Å². The molecule has 7 heteroatoms. The van der Waals surface area contributed by atoms with E-state index in [4.69, 9.17) is 0 Å². The van der Waals surface area contributed by atoms with Crippen molar-refractivity contribution in [1.82, 2.24) is 14.3 Å². The van der Waals surface area contributed by atoms with Crippen molar-refractivity contribution >= 4 is 10.8 Å². The van der Waals surface area contributed by atoms with E-state index in [0.29, 0.717) is 4.57 Å². The monoisotopic (exact) mass is 307 g/mol. The molecule has 0 amide bonds. The van der Waals surface area contributed by atoms with Gasteiger partial charge in [0.2, 0.25) is 5.82 Å². The standard InChI is InChI=1S/C15H12F3N3O/c1-20-13(15(16,17)18)19-21(14(20)22)9-11-7-4-6-10-5-2-3-8-12(10)11/h2-8H,9H2,1H3. The smallest absolute Gasteiger partial charge is 0.274 e. The summed E-state index contributed by atoms with van der Waals surface area (Å²) in [5.41, 5.74) is -0.0488. The zero-order valence-electron chi connectivity index (χ0n) is 11.6. The van der Waals surface area contributed by atoms with E-state index in [2.05, 4.69) is 5.10 Å². The van der Waals surface area contributed by atoms with Gasteiger partial charge in [0.1, 0.15) is 0 Å². The molecule has 3 rings (SSSR count). The van der Waals surface area contributed by atoms with Gasteiger partial charge in [0.25, 0.3) is 0 Å². The maximum atomic E-state index is 12.8. The summed E-state index contributed by atoms with van der Waals surface area (Å²) in [5.74, 6) is -1.20. The molecule has 0 radical (unpaired) electrons. The van der Waals surface area contributed by atoms with Gasteiger partial charge in [-0.25, -0.2) is 9.48 Å². The van der Waals surface area contributed by atoms with Crippen molar-refractivity contribution in [3.8, 4) is 0 Å². The van der Waals surface area contributed by atoms with Gasteiger partial charge in [0.15, 0.2) is 0 Å². The Hall–Kier alpha value is -2.57. The molecule has 1 aromatic heterocycles. The third kappa shape index (κ3) is 2.38. The molecule has 4 nitrogen and oxygen atoms in total. The van der Waals surface area contributed by atoms with Crippen LogP contribution in [0.3, 0.4) is 0 Å². The van der Waals surface area contributed by atoms with Crippen molar-refractivity contribution in [3.63, 3.8) is 0 Å². The first-order valence-corrected chi connectivity index (χ1v) is 6.55. The van der Waals surface area contributed by atoms with Gasteiger partial charge in [-0.3, -0.25) is 4.57 Å². The highest BCUT2D eigenvalue weighted by Crippen LogP contribution is 2.26. The van der Waals surface area contributed by atoms with E-state index in [1.165, 1.54) is 0 Å².